The van der Waals surface area contributed by atoms with Crippen LogP contribution in [0, 0.1) is 0 Å². The summed E-state index contributed by atoms with van der Waals surface area (Å²) in [4.78, 5) is 25.2. The molecule has 1 heterocycles. The highest BCUT2D eigenvalue weighted by atomic mass is 32.2. The van der Waals surface area contributed by atoms with Gasteiger partial charge in [0.05, 0.1) is 5.75 Å². The van der Waals surface area contributed by atoms with Crippen molar-refractivity contribution in [3.63, 3.8) is 0 Å². The van der Waals surface area contributed by atoms with Crippen LogP contribution in [-0.4, -0.2) is 61.4 Å². The second kappa shape index (κ2) is 7.10. The molecule has 1 N–H and O–H groups in total. The van der Waals surface area contributed by atoms with E-state index in [0.717, 1.165) is 0 Å². The summed E-state index contributed by atoms with van der Waals surface area (Å²) in [5.41, 5.74) is 1.04. The minimum Gasteiger partial charge on any atom is -0.336 e. The number of nitrogens with zero attached hydrogens (tertiary/aromatic N) is 2. The molecule has 1 saturated heterocycles. The third-order valence-electron chi connectivity index (χ3n) is 3.71. The summed E-state index contributed by atoms with van der Waals surface area (Å²) < 4.78 is 25.1. The lowest BCUT2D eigenvalue weighted by Gasteiger charge is -2.33. The van der Waals surface area contributed by atoms with Crippen LogP contribution in [0.5, 0.6) is 0 Å². The fourth-order valence-corrected chi connectivity index (χ4v) is 3.55. The molecule has 8 heteroatoms. The number of hydrogen-bond donors (Lipinski definition) is 1. The van der Waals surface area contributed by atoms with E-state index in [1.807, 2.05) is 0 Å². The summed E-state index contributed by atoms with van der Waals surface area (Å²) in [6.45, 7) is 4.37. The number of piperazine rings is 1. The summed E-state index contributed by atoms with van der Waals surface area (Å²) >= 11 is 0. The maximum absolute atomic E-state index is 12.5. The number of benzene rings is 1. The molecule has 1 fully saturated rings. The summed E-state index contributed by atoms with van der Waals surface area (Å²) in [5.74, 6) is -0.293. The van der Waals surface area contributed by atoms with Crippen molar-refractivity contribution in [2.75, 3.05) is 37.2 Å². The Balaban J connectivity index is 2.04. The Morgan fingerprint density at radius 3 is 2.39 bits per heavy atom. The Morgan fingerprint density at radius 1 is 1.17 bits per heavy atom. The first-order chi connectivity index (χ1) is 10.8. The van der Waals surface area contributed by atoms with Crippen LogP contribution in [0.4, 0.5) is 5.69 Å². The van der Waals surface area contributed by atoms with E-state index in [-0.39, 0.29) is 17.6 Å². The Labute approximate surface area is 136 Å². The zero-order valence-corrected chi connectivity index (χ0v) is 14.1. The molecule has 126 valence electrons. The average Bonchev–Trinajstić information content (AvgIpc) is 2.54. The van der Waals surface area contributed by atoms with E-state index in [9.17, 15) is 18.0 Å². The lowest BCUT2D eigenvalue weighted by molar-refractivity contribution is -0.114. The highest BCUT2D eigenvalue weighted by Gasteiger charge is 2.28. The minimum atomic E-state index is -3.21. The maximum atomic E-state index is 12.5. The molecular weight excluding hydrogens is 318 g/mol. The van der Waals surface area contributed by atoms with E-state index in [1.54, 1.807) is 36.1 Å². The number of carbonyl (C=O) groups excluding carboxylic acids is 2. The molecule has 7 nitrogen and oxygen atoms in total. The van der Waals surface area contributed by atoms with E-state index in [1.165, 1.54) is 11.2 Å². The Bertz CT molecular complexity index is 694. The van der Waals surface area contributed by atoms with Crippen LogP contribution in [0.2, 0.25) is 0 Å². The third kappa shape index (κ3) is 4.29. The molecule has 2 rings (SSSR count). The van der Waals surface area contributed by atoms with Gasteiger partial charge in [-0.3, -0.25) is 9.59 Å². The number of rotatable bonds is 4. The number of hydrogen-bond acceptors (Lipinski definition) is 4. The maximum Gasteiger partial charge on any atom is 0.254 e. The van der Waals surface area contributed by atoms with Crippen molar-refractivity contribution in [1.82, 2.24) is 9.21 Å². The monoisotopic (exact) mass is 339 g/mol. The molecule has 0 spiro atoms. The SMILES string of the molecule is CCS(=O)(=O)N1CCN(C(=O)c2cccc(NC(C)=O)c2)CC1. The quantitative estimate of drug-likeness (QED) is 0.877. The largest absolute Gasteiger partial charge is 0.336 e. The van der Waals surface area contributed by atoms with Gasteiger partial charge < -0.3 is 10.2 Å². The van der Waals surface area contributed by atoms with Gasteiger partial charge >= 0.3 is 0 Å². The molecule has 1 aliphatic heterocycles. The fourth-order valence-electron chi connectivity index (χ4n) is 2.47. The van der Waals surface area contributed by atoms with Crippen LogP contribution < -0.4 is 5.32 Å². The lowest BCUT2D eigenvalue weighted by atomic mass is 10.1. The zero-order valence-electron chi connectivity index (χ0n) is 13.3. The highest BCUT2D eigenvalue weighted by molar-refractivity contribution is 7.89. The highest BCUT2D eigenvalue weighted by Crippen LogP contribution is 2.15. The van der Waals surface area contributed by atoms with Gasteiger partial charge in [-0.15, -0.1) is 0 Å². The molecule has 2 amide bonds. The van der Waals surface area contributed by atoms with Crippen molar-refractivity contribution in [3.8, 4) is 0 Å². The van der Waals surface area contributed by atoms with Crippen LogP contribution in [0.15, 0.2) is 24.3 Å². The number of nitrogens with one attached hydrogen (secondary N) is 1. The fraction of sp³-hybridized carbons (Fsp3) is 0.467. The van der Waals surface area contributed by atoms with Gasteiger partial charge in [-0.05, 0) is 25.1 Å². The van der Waals surface area contributed by atoms with Crippen molar-refractivity contribution in [2.45, 2.75) is 13.8 Å². The van der Waals surface area contributed by atoms with Crippen LogP contribution in [0.1, 0.15) is 24.2 Å². The minimum absolute atomic E-state index is 0.0692. The van der Waals surface area contributed by atoms with Crippen molar-refractivity contribution in [3.05, 3.63) is 29.8 Å². The van der Waals surface area contributed by atoms with Crippen LogP contribution in [0.3, 0.4) is 0 Å². The van der Waals surface area contributed by atoms with E-state index in [2.05, 4.69) is 5.32 Å². The van der Waals surface area contributed by atoms with E-state index < -0.39 is 10.0 Å². The van der Waals surface area contributed by atoms with Gasteiger partial charge in [0.1, 0.15) is 0 Å². The summed E-state index contributed by atoms with van der Waals surface area (Å²) in [6.07, 6.45) is 0. The van der Waals surface area contributed by atoms with E-state index >= 15 is 0 Å². The lowest BCUT2D eigenvalue weighted by Crippen LogP contribution is -2.50. The first kappa shape index (κ1) is 17.4. The predicted octanol–water partition coefficient (Wildman–Crippen LogP) is 0.752. The summed E-state index contributed by atoms with van der Waals surface area (Å²) in [6, 6.07) is 6.72. The van der Waals surface area contributed by atoms with Gasteiger partial charge in [0, 0.05) is 44.4 Å². The third-order valence-corrected chi connectivity index (χ3v) is 5.60. The number of anilines is 1. The first-order valence-electron chi connectivity index (χ1n) is 7.48. The van der Waals surface area contributed by atoms with Gasteiger partial charge in [-0.25, -0.2) is 8.42 Å². The van der Waals surface area contributed by atoms with Gasteiger partial charge in [0.25, 0.3) is 5.91 Å². The zero-order chi connectivity index (χ0) is 17.0. The molecule has 1 aliphatic rings. The number of amides is 2. The predicted molar refractivity (Wildman–Crippen MR) is 87.7 cm³/mol. The second-order valence-corrected chi connectivity index (χ2v) is 7.61. The Morgan fingerprint density at radius 2 is 1.83 bits per heavy atom. The number of sulfonamides is 1. The van der Waals surface area contributed by atoms with Gasteiger partial charge in [0.2, 0.25) is 15.9 Å². The Hall–Kier alpha value is -1.93. The Kier molecular flexibility index (Phi) is 5.38. The summed E-state index contributed by atoms with van der Waals surface area (Å²) in [7, 11) is -3.21. The molecule has 1 aromatic carbocycles. The van der Waals surface area contributed by atoms with Gasteiger partial charge in [-0.1, -0.05) is 6.07 Å². The van der Waals surface area contributed by atoms with Crippen molar-refractivity contribution in [2.24, 2.45) is 0 Å². The molecule has 0 aliphatic carbocycles. The molecule has 0 bridgehead atoms. The molecule has 0 unspecified atom stereocenters. The summed E-state index contributed by atoms with van der Waals surface area (Å²) in [5, 5.41) is 2.64. The molecule has 23 heavy (non-hydrogen) atoms. The van der Waals surface area contributed by atoms with Crippen LogP contribution in [-0.2, 0) is 14.8 Å². The molecule has 1 aromatic rings. The van der Waals surface area contributed by atoms with Gasteiger partial charge in [0.15, 0.2) is 0 Å². The molecule has 0 saturated carbocycles. The topological polar surface area (TPSA) is 86.8 Å². The van der Waals surface area contributed by atoms with Crippen LogP contribution >= 0.6 is 0 Å². The van der Waals surface area contributed by atoms with Crippen molar-refractivity contribution >= 4 is 27.5 Å². The molecule has 0 aromatic heterocycles. The van der Waals surface area contributed by atoms with E-state index in [4.69, 9.17) is 0 Å². The average molecular weight is 339 g/mol. The van der Waals surface area contributed by atoms with Crippen molar-refractivity contribution in [1.29, 1.82) is 0 Å². The van der Waals surface area contributed by atoms with Crippen molar-refractivity contribution < 1.29 is 18.0 Å². The van der Waals surface area contributed by atoms with E-state index in [0.29, 0.717) is 37.4 Å². The first-order valence-corrected chi connectivity index (χ1v) is 9.09. The number of carbonyl (C=O) groups is 2. The van der Waals surface area contributed by atoms with Crippen LogP contribution in [0.25, 0.3) is 0 Å². The normalized spacial score (nSPS) is 16.2. The standard InChI is InChI=1S/C15H21N3O4S/c1-3-23(21,22)18-9-7-17(8-10-18)15(20)13-5-4-6-14(11-13)16-12(2)19/h4-6,11H,3,7-10H2,1-2H3,(H,16,19). The second-order valence-electron chi connectivity index (χ2n) is 5.35. The molecule has 0 radical (unpaired) electrons. The molecular formula is C15H21N3O4S. The van der Waals surface area contributed by atoms with Gasteiger partial charge in [-0.2, -0.15) is 4.31 Å². The smallest absolute Gasteiger partial charge is 0.254 e. The molecule has 0 atom stereocenters.